The lowest BCUT2D eigenvalue weighted by atomic mass is 9.99. The van der Waals surface area contributed by atoms with Crippen molar-refractivity contribution in [2.75, 3.05) is 18.4 Å². The number of sulfonamides is 1. The molecule has 0 spiro atoms. The number of aromatic nitrogens is 2. The Kier molecular flexibility index (Phi) is 6.30. The van der Waals surface area contributed by atoms with Crippen LogP contribution in [-0.4, -0.2) is 41.9 Å². The molecule has 1 saturated heterocycles. The molecule has 0 saturated carbocycles. The zero-order chi connectivity index (χ0) is 21.8. The smallest absolute Gasteiger partial charge is 0.248 e. The molecule has 8 nitrogen and oxygen atoms in total. The average molecular weight is 459 g/mol. The minimum absolute atomic E-state index is 0.0497. The van der Waals surface area contributed by atoms with Gasteiger partial charge in [0.15, 0.2) is 10.7 Å². The number of hydrogen-bond donors (Lipinski definition) is 1. The summed E-state index contributed by atoms with van der Waals surface area (Å²) in [5, 5.41) is 8.62. The topological polar surface area (TPSA) is 105 Å². The molecule has 1 amide bonds. The summed E-state index contributed by atoms with van der Waals surface area (Å²) in [5.41, 5.74) is 0.885. The fourth-order valence-electron chi connectivity index (χ4n) is 3.53. The van der Waals surface area contributed by atoms with Crippen LogP contribution in [0.2, 0.25) is 0 Å². The summed E-state index contributed by atoms with van der Waals surface area (Å²) in [5.74, 6) is -0.477. The van der Waals surface area contributed by atoms with E-state index in [0.717, 1.165) is 4.88 Å². The van der Waals surface area contributed by atoms with Gasteiger partial charge in [-0.25, -0.2) is 8.42 Å². The van der Waals surface area contributed by atoms with Crippen molar-refractivity contribution in [2.45, 2.75) is 24.7 Å². The first-order valence-electron chi connectivity index (χ1n) is 9.84. The maximum Gasteiger partial charge on any atom is 0.248 e. The van der Waals surface area contributed by atoms with Crippen molar-refractivity contribution in [1.82, 2.24) is 14.4 Å². The molecule has 1 aliphatic rings. The summed E-state index contributed by atoms with van der Waals surface area (Å²) in [7, 11) is -3.87. The van der Waals surface area contributed by atoms with Gasteiger partial charge in [0.25, 0.3) is 0 Å². The quantitative estimate of drug-likeness (QED) is 0.604. The number of nitrogens with one attached hydrogen (secondary N) is 1. The molecule has 1 aliphatic heterocycles. The highest BCUT2D eigenvalue weighted by Crippen LogP contribution is 2.30. The molecular formula is C21H22N4O4S2. The van der Waals surface area contributed by atoms with Gasteiger partial charge in [0.2, 0.25) is 15.9 Å². The number of aryl methyl sites for hydroxylation is 1. The van der Waals surface area contributed by atoms with Crippen LogP contribution >= 0.6 is 11.3 Å². The van der Waals surface area contributed by atoms with Gasteiger partial charge in [0.1, 0.15) is 5.69 Å². The lowest BCUT2D eigenvalue weighted by Crippen LogP contribution is -2.43. The number of rotatable bonds is 6. The summed E-state index contributed by atoms with van der Waals surface area (Å²) in [4.78, 5) is 17.7. The summed E-state index contributed by atoms with van der Waals surface area (Å²) in [6.45, 7) is 2.06. The normalized spacial score (nSPS) is 17.8. The highest BCUT2D eigenvalue weighted by atomic mass is 32.2. The maximum absolute atomic E-state index is 13.4. The van der Waals surface area contributed by atoms with Crippen molar-refractivity contribution in [2.24, 2.45) is 5.92 Å². The third-order valence-corrected chi connectivity index (χ3v) is 7.92. The third kappa shape index (κ3) is 4.76. The molecule has 0 bridgehead atoms. The van der Waals surface area contributed by atoms with Crippen LogP contribution in [0.5, 0.6) is 0 Å². The zero-order valence-corrected chi connectivity index (χ0v) is 18.5. The van der Waals surface area contributed by atoms with Crippen LogP contribution < -0.4 is 5.32 Å². The minimum atomic E-state index is -3.87. The van der Waals surface area contributed by atoms with Gasteiger partial charge in [-0.05, 0) is 55.5 Å². The average Bonchev–Trinajstić information content (AvgIpc) is 3.42. The third-order valence-electron chi connectivity index (χ3n) is 5.06. The van der Waals surface area contributed by atoms with Crippen LogP contribution in [0.4, 0.5) is 5.69 Å². The molecule has 162 valence electrons. The highest BCUT2D eigenvalue weighted by Gasteiger charge is 2.36. The second-order valence-corrected chi connectivity index (χ2v) is 10.1. The molecule has 10 heteroatoms. The van der Waals surface area contributed by atoms with E-state index in [-0.39, 0.29) is 23.1 Å². The van der Waals surface area contributed by atoms with E-state index in [9.17, 15) is 13.2 Å². The van der Waals surface area contributed by atoms with Gasteiger partial charge in [0.05, 0.1) is 17.8 Å². The Hall–Kier alpha value is -2.82. The van der Waals surface area contributed by atoms with Gasteiger partial charge in [-0.2, -0.15) is 4.31 Å². The summed E-state index contributed by atoms with van der Waals surface area (Å²) in [6.07, 6.45) is 7.80. The Labute approximate surface area is 184 Å². The summed E-state index contributed by atoms with van der Waals surface area (Å²) >= 11 is 1.54. The molecule has 0 unspecified atom stereocenters. The first kappa shape index (κ1) is 21.4. The van der Waals surface area contributed by atoms with Crippen LogP contribution in [0, 0.1) is 12.8 Å². The maximum atomic E-state index is 13.4. The van der Waals surface area contributed by atoms with E-state index in [2.05, 4.69) is 15.5 Å². The molecular weight excluding hydrogens is 436 g/mol. The number of amides is 1. The first-order chi connectivity index (χ1) is 14.9. The van der Waals surface area contributed by atoms with Gasteiger partial charge < -0.3 is 9.84 Å². The van der Waals surface area contributed by atoms with E-state index in [1.54, 1.807) is 43.6 Å². The number of piperidine rings is 1. The predicted molar refractivity (Wildman–Crippen MR) is 119 cm³/mol. The van der Waals surface area contributed by atoms with Crippen molar-refractivity contribution in [1.29, 1.82) is 0 Å². The molecule has 0 radical (unpaired) electrons. The van der Waals surface area contributed by atoms with E-state index < -0.39 is 15.9 Å². The van der Waals surface area contributed by atoms with Gasteiger partial charge in [0, 0.05) is 24.2 Å². The zero-order valence-electron chi connectivity index (χ0n) is 16.9. The first-order valence-corrected chi connectivity index (χ1v) is 12.2. The summed E-state index contributed by atoms with van der Waals surface area (Å²) in [6, 6.07) is 7.31. The Morgan fingerprint density at radius 1 is 1.32 bits per heavy atom. The molecule has 1 fully saturated rings. The van der Waals surface area contributed by atoms with Crippen molar-refractivity contribution >= 4 is 45.1 Å². The second kappa shape index (κ2) is 9.13. The highest BCUT2D eigenvalue weighted by molar-refractivity contribution is 7.89. The molecule has 1 atom stereocenters. The van der Waals surface area contributed by atoms with Crippen LogP contribution in [0.15, 0.2) is 51.5 Å². The Morgan fingerprint density at radius 2 is 2.19 bits per heavy atom. The minimum Gasteiger partial charge on any atom is -0.355 e. The Balaban J connectivity index is 1.53. The number of carbonyl (C=O) groups excluding carboxylic acids is 1. The van der Waals surface area contributed by atoms with Gasteiger partial charge in [-0.3, -0.25) is 9.78 Å². The number of carbonyl (C=O) groups is 1. The van der Waals surface area contributed by atoms with Crippen molar-refractivity contribution in [3.05, 3.63) is 58.4 Å². The number of pyridine rings is 1. The SMILES string of the molecule is Cc1noc(/C=C/c2cccs2)c1S(=O)(=O)N1CCC[C@@H](C(=O)Nc2cccnc2)C1. The molecule has 4 rings (SSSR count). The number of thiophene rings is 1. The standard InChI is InChI=1S/C21H22N4O4S2/c1-15-20(19(29-24-15)9-8-18-7-4-12-30-18)31(27,28)25-11-3-5-16(14-25)21(26)23-17-6-2-10-22-13-17/h2,4,6-10,12-13,16H,3,5,11,14H2,1H3,(H,23,26)/b9-8+/t16-/m1/s1. The fourth-order valence-corrected chi connectivity index (χ4v) is 5.92. The number of anilines is 1. The van der Waals surface area contributed by atoms with E-state index in [1.807, 2.05) is 17.5 Å². The Morgan fingerprint density at radius 3 is 2.94 bits per heavy atom. The monoisotopic (exact) mass is 458 g/mol. The van der Waals surface area contributed by atoms with Crippen LogP contribution in [0.25, 0.3) is 12.2 Å². The van der Waals surface area contributed by atoms with Crippen LogP contribution in [0.1, 0.15) is 29.2 Å². The van der Waals surface area contributed by atoms with Crippen LogP contribution in [-0.2, 0) is 14.8 Å². The number of hydrogen-bond acceptors (Lipinski definition) is 7. The van der Waals surface area contributed by atoms with E-state index in [1.165, 1.54) is 15.6 Å². The summed E-state index contributed by atoms with van der Waals surface area (Å²) < 4.78 is 33.5. The lowest BCUT2D eigenvalue weighted by molar-refractivity contribution is -0.120. The molecule has 31 heavy (non-hydrogen) atoms. The van der Waals surface area contributed by atoms with Crippen molar-refractivity contribution < 1.29 is 17.7 Å². The largest absolute Gasteiger partial charge is 0.355 e. The lowest BCUT2D eigenvalue weighted by Gasteiger charge is -2.31. The van der Waals surface area contributed by atoms with E-state index in [0.29, 0.717) is 30.8 Å². The predicted octanol–water partition coefficient (Wildman–Crippen LogP) is 3.65. The van der Waals surface area contributed by atoms with Gasteiger partial charge in [-0.1, -0.05) is 11.2 Å². The second-order valence-electron chi connectivity index (χ2n) is 7.24. The fraction of sp³-hybridized carbons (Fsp3) is 0.286. The Bertz CT molecular complexity index is 1170. The van der Waals surface area contributed by atoms with E-state index in [4.69, 9.17) is 4.52 Å². The molecule has 0 aliphatic carbocycles. The molecule has 3 aromatic rings. The molecule has 0 aromatic carbocycles. The van der Waals surface area contributed by atoms with Crippen molar-refractivity contribution in [3.8, 4) is 0 Å². The molecule has 4 heterocycles. The van der Waals surface area contributed by atoms with E-state index >= 15 is 0 Å². The molecule has 1 N–H and O–H groups in total. The van der Waals surface area contributed by atoms with Gasteiger partial charge in [-0.15, -0.1) is 11.3 Å². The molecule has 3 aromatic heterocycles. The van der Waals surface area contributed by atoms with Gasteiger partial charge >= 0.3 is 0 Å². The van der Waals surface area contributed by atoms with Crippen molar-refractivity contribution in [3.63, 3.8) is 0 Å². The number of nitrogens with zero attached hydrogens (tertiary/aromatic N) is 3. The van der Waals surface area contributed by atoms with Crippen LogP contribution in [0.3, 0.4) is 0 Å².